The SMILES string of the molecule is O=C(NCc1cccc(NC(=O)c2ccco2)c1)c1ccc2c(c1)C(=O)N(Cc1ccccc1)C2=O. The molecule has 8 nitrogen and oxygen atoms in total. The summed E-state index contributed by atoms with van der Waals surface area (Å²) in [6, 6.07) is 24.0. The molecule has 0 fully saturated rings. The first-order valence-electron chi connectivity index (χ1n) is 11.3. The first-order valence-corrected chi connectivity index (χ1v) is 11.3. The molecule has 4 aromatic rings. The summed E-state index contributed by atoms with van der Waals surface area (Å²) in [6.45, 7) is 0.370. The number of nitrogens with zero attached hydrogens (tertiary/aromatic N) is 1. The van der Waals surface area contributed by atoms with Crippen LogP contribution >= 0.6 is 0 Å². The maximum absolute atomic E-state index is 12.9. The van der Waals surface area contributed by atoms with Gasteiger partial charge in [-0.15, -0.1) is 0 Å². The van der Waals surface area contributed by atoms with Crippen molar-refractivity contribution < 1.29 is 23.6 Å². The van der Waals surface area contributed by atoms with E-state index in [-0.39, 0.29) is 53.3 Å². The van der Waals surface area contributed by atoms with Crippen molar-refractivity contribution in [2.24, 2.45) is 0 Å². The van der Waals surface area contributed by atoms with Gasteiger partial charge in [-0.25, -0.2) is 0 Å². The maximum Gasteiger partial charge on any atom is 0.291 e. The number of benzene rings is 3. The Morgan fingerprint density at radius 3 is 2.31 bits per heavy atom. The van der Waals surface area contributed by atoms with Crippen LogP contribution in [0.25, 0.3) is 0 Å². The predicted octanol–water partition coefficient (Wildman–Crippen LogP) is 4.26. The minimum Gasteiger partial charge on any atom is -0.459 e. The number of anilines is 1. The fraction of sp³-hybridized carbons (Fsp3) is 0.0714. The lowest BCUT2D eigenvalue weighted by atomic mass is 10.1. The number of amides is 4. The average Bonchev–Trinajstić information content (AvgIpc) is 3.52. The lowest BCUT2D eigenvalue weighted by Gasteiger charge is -2.13. The number of carbonyl (C=O) groups excluding carboxylic acids is 4. The molecule has 0 saturated heterocycles. The summed E-state index contributed by atoms with van der Waals surface area (Å²) in [6.07, 6.45) is 1.42. The molecule has 1 aliphatic heterocycles. The molecule has 8 heteroatoms. The second-order valence-electron chi connectivity index (χ2n) is 8.26. The molecule has 5 rings (SSSR count). The van der Waals surface area contributed by atoms with Crippen molar-refractivity contribution in [3.63, 3.8) is 0 Å². The van der Waals surface area contributed by atoms with Crippen LogP contribution in [0.5, 0.6) is 0 Å². The van der Waals surface area contributed by atoms with E-state index in [0.717, 1.165) is 11.1 Å². The number of furan rings is 1. The van der Waals surface area contributed by atoms with Crippen LogP contribution in [0.2, 0.25) is 0 Å². The molecule has 1 aliphatic rings. The van der Waals surface area contributed by atoms with Gasteiger partial charge in [-0.2, -0.15) is 0 Å². The number of hydrogen-bond donors (Lipinski definition) is 2. The Morgan fingerprint density at radius 1 is 0.750 bits per heavy atom. The molecular weight excluding hydrogens is 458 g/mol. The molecule has 0 atom stereocenters. The summed E-state index contributed by atoms with van der Waals surface area (Å²) >= 11 is 0. The molecule has 0 unspecified atom stereocenters. The highest BCUT2D eigenvalue weighted by molar-refractivity contribution is 6.22. The molecule has 0 bridgehead atoms. The number of nitrogens with one attached hydrogen (secondary N) is 2. The minimum absolute atomic E-state index is 0.168. The third kappa shape index (κ3) is 4.65. The second kappa shape index (κ2) is 9.71. The topological polar surface area (TPSA) is 109 Å². The highest BCUT2D eigenvalue weighted by Crippen LogP contribution is 2.26. The summed E-state index contributed by atoms with van der Waals surface area (Å²) in [5.41, 5.74) is 2.94. The van der Waals surface area contributed by atoms with Gasteiger partial charge in [-0.3, -0.25) is 24.1 Å². The number of carbonyl (C=O) groups is 4. The van der Waals surface area contributed by atoms with Crippen molar-refractivity contribution in [3.8, 4) is 0 Å². The van der Waals surface area contributed by atoms with E-state index in [4.69, 9.17) is 4.42 Å². The lowest BCUT2D eigenvalue weighted by Crippen LogP contribution is -2.29. The van der Waals surface area contributed by atoms with Gasteiger partial charge in [0.15, 0.2) is 5.76 Å². The van der Waals surface area contributed by atoms with Crippen molar-refractivity contribution in [2.45, 2.75) is 13.1 Å². The van der Waals surface area contributed by atoms with Gasteiger partial charge >= 0.3 is 0 Å². The monoisotopic (exact) mass is 479 g/mol. The van der Waals surface area contributed by atoms with Gasteiger partial charge < -0.3 is 15.1 Å². The van der Waals surface area contributed by atoms with Crippen molar-refractivity contribution in [2.75, 3.05) is 5.32 Å². The van der Waals surface area contributed by atoms with E-state index in [1.807, 2.05) is 36.4 Å². The zero-order valence-electron chi connectivity index (χ0n) is 19.1. The van der Waals surface area contributed by atoms with Crippen molar-refractivity contribution >= 4 is 29.3 Å². The highest BCUT2D eigenvalue weighted by Gasteiger charge is 2.36. The van der Waals surface area contributed by atoms with Gasteiger partial charge in [0, 0.05) is 17.8 Å². The number of fused-ring (bicyclic) bond motifs is 1. The molecule has 2 N–H and O–H groups in total. The number of hydrogen-bond acceptors (Lipinski definition) is 5. The Hall–Kier alpha value is -4.98. The summed E-state index contributed by atoms with van der Waals surface area (Å²) in [5.74, 6) is -1.36. The van der Waals surface area contributed by atoms with Crippen LogP contribution in [-0.2, 0) is 13.1 Å². The largest absolute Gasteiger partial charge is 0.459 e. The summed E-state index contributed by atoms with van der Waals surface area (Å²) < 4.78 is 5.09. The van der Waals surface area contributed by atoms with E-state index in [2.05, 4.69) is 10.6 Å². The lowest BCUT2D eigenvalue weighted by molar-refractivity contribution is 0.0642. The van der Waals surface area contributed by atoms with E-state index in [9.17, 15) is 19.2 Å². The Bertz CT molecular complexity index is 1460. The van der Waals surface area contributed by atoms with Crippen LogP contribution < -0.4 is 10.6 Å². The first-order chi connectivity index (χ1) is 17.5. The zero-order valence-corrected chi connectivity index (χ0v) is 19.1. The third-order valence-corrected chi connectivity index (χ3v) is 5.80. The standard InChI is InChI=1S/C28H21N3O5/c32-25(29-16-19-8-4-9-21(14-19)30-26(33)24-10-5-13-36-24)20-11-12-22-23(15-20)28(35)31(27(22)34)17-18-6-2-1-3-7-18/h1-15H,16-17H2,(H,29,32)(H,30,33). The van der Waals surface area contributed by atoms with E-state index in [0.29, 0.717) is 5.69 Å². The Balaban J connectivity index is 1.24. The third-order valence-electron chi connectivity index (χ3n) is 5.80. The number of rotatable bonds is 7. The fourth-order valence-electron chi connectivity index (χ4n) is 3.99. The molecule has 0 saturated carbocycles. The average molecular weight is 479 g/mol. The van der Waals surface area contributed by atoms with Gasteiger partial charge in [-0.1, -0.05) is 42.5 Å². The Morgan fingerprint density at radius 2 is 1.53 bits per heavy atom. The summed E-state index contributed by atoms with van der Waals surface area (Å²) in [4.78, 5) is 51.8. The first kappa shape index (κ1) is 22.8. The van der Waals surface area contributed by atoms with Gasteiger partial charge in [0.05, 0.1) is 23.9 Å². The summed E-state index contributed by atoms with van der Waals surface area (Å²) in [5, 5.41) is 5.55. The highest BCUT2D eigenvalue weighted by atomic mass is 16.3. The van der Waals surface area contributed by atoms with Crippen LogP contribution in [0.15, 0.2) is 95.6 Å². The molecule has 1 aromatic heterocycles. The van der Waals surface area contributed by atoms with Crippen molar-refractivity contribution in [1.82, 2.24) is 10.2 Å². The zero-order chi connectivity index (χ0) is 25.1. The van der Waals surface area contributed by atoms with Crippen molar-refractivity contribution in [3.05, 3.63) is 125 Å². The van der Waals surface area contributed by atoms with Gasteiger partial charge in [0.1, 0.15) is 0 Å². The van der Waals surface area contributed by atoms with E-state index in [1.54, 1.807) is 30.3 Å². The molecular formula is C28H21N3O5. The molecule has 36 heavy (non-hydrogen) atoms. The fourth-order valence-corrected chi connectivity index (χ4v) is 3.99. The van der Waals surface area contributed by atoms with Gasteiger partial charge in [0.25, 0.3) is 23.6 Å². The van der Waals surface area contributed by atoms with E-state index < -0.39 is 5.91 Å². The van der Waals surface area contributed by atoms with E-state index >= 15 is 0 Å². The molecule has 3 aromatic carbocycles. The Kier molecular flexibility index (Phi) is 6.15. The predicted molar refractivity (Wildman–Crippen MR) is 131 cm³/mol. The van der Waals surface area contributed by atoms with Crippen LogP contribution in [0.4, 0.5) is 5.69 Å². The molecule has 0 spiro atoms. The normalized spacial score (nSPS) is 12.4. The number of imide groups is 1. The van der Waals surface area contributed by atoms with Crippen LogP contribution in [-0.4, -0.2) is 28.5 Å². The van der Waals surface area contributed by atoms with E-state index in [1.165, 1.54) is 29.4 Å². The van der Waals surface area contributed by atoms with Crippen molar-refractivity contribution in [1.29, 1.82) is 0 Å². The Labute approximate surface area is 206 Å². The minimum atomic E-state index is -0.423. The van der Waals surface area contributed by atoms with Crippen LogP contribution in [0.1, 0.15) is 52.8 Å². The molecule has 178 valence electrons. The van der Waals surface area contributed by atoms with Crippen LogP contribution in [0.3, 0.4) is 0 Å². The van der Waals surface area contributed by atoms with Gasteiger partial charge in [-0.05, 0) is 53.6 Å². The molecule has 0 radical (unpaired) electrons. The molecule has 4 amide bonds. The molecule has 0 aliphatic carbocycles. The quantitative estimate of drug-likeness (QED) is 0.385. The van der Waals surface area contributed by atoms with Gasteiger partial charge in [0.2, 0.25) is 0 Å². The second-order valence-corrected chi connectivity index (χ2v) is 8.26. The summed E-state index contributed by atoms with van der Waals surface area (Å²) in [7, 11) is 0. The smallest absolute Gasteiger partial charge is 0.291 e. The van der Waals surface area contributed by atoms with Crippen LogP contribution in [0, 0.1) is 0 Å². The molecule has 2 heterocycles. The maximum atomic E-state index is 12.9.